The van der Waals surface area contributed by atoms with Crippen LogP contribution in [0.25, 0.3) is 11.0 Å². The zero-order valence-corrected chi connectivity index (χ0v) is 9.36. The van der Waals surface area contributed by atoms with Crippen molar-refractivity contribution in [2.75, 3.05) is 6.54 Å². The van der Waals surface area contributed by atoms with E-state index in [-0.39, 0.29) is 0 Å². The number of fused-ring (bicyclic) bond motifs is 1. The van der Waals surface area contributed by atoms with Gasteiger partial charge in [0.1, 0.15) is 12.0 Å². The number of halogens is 1. The lowest BCUT2D eigenvalue weighted by Crippen LogP contribution is -2.14. The minimum absolute atomic E-state index is 0.336. The van der Waals surface area contributed by atoms with Gasteiger partial charge in [-0.05, 0) is 25.1 Å². The number of benzene rings is 1. The smallest absolute Gasteiger partial charge is 0.112 e. The molecule has 0 spiro atoms. The Hall–Kier alpha value is -1.42. The molecule has 4 heteroatoms. The standard InChI is InChI=1S/C12H16FN3/c1-16-11-5-3-2-4-10(11)15-12(16)8-9(13)6-7-14/h2-5,9H,6-8,14H2,1H3. The van der Waals surface area contributed by atoms with Gasteiger partial charge in [0.15, 0.2) is 0 Å². The van der Waals surface area contributed by atoms with Gasteiger partial charge in [0.25, 0.3) is 0 Å². The maximum Gasteiger partial charge on any atom is 0.112 e. The second-order valence-corrected chi connectivity index (χ2v) is 3.95. The van der Waals surface area contributed by atoms with E-state index in [1.54, 1.807) is 0 Å². The molecular formula is C12H16FN3. The van der Waals surface area contributed by atoms with E-state index in [2.05, 4.69) is 4.98 Å². The van der Waals surface area contributed by atoms with E-state index in [4.69, 9.17) is 5.73 Å². The summed E-state index contributed by atoms with van der Waals surface area (Å²) in [6.07, 6.45) is -0.175. The monoisotopic (exact) mass is 221 g/mol. The Bertz CT molecular complexity index is 478. The van der Waals surface area contributed by atoms with Crippen molar-refractivity contribution in [3.8, 4) is 0 Å². The number of alkyl halides is 1. The highest BCUT2D eigenvalue weighted by Gasteiger charge is 2.12. The number of nitrogens with zero attached hydrogens (tertiary/aromatic N) is 2. The fraction of sp³-hybridized carbons (Fsp3) is 0.417. The summed E-state index contributed by atoms with van der Waals surface area (Å²) < 4.78 is 15.4. The molecule has 0 amide bonds. The van der Waals surface area contributed by atoms with E-state index in [0.29, 0.717) is 19.4 Å². The molecule has 0 saturated heterocycles. The van der Waals surface area contributed by atoms with E-state index in [9.17, 15) is 4.39 Å². The van der Waals surface area contributed by atoms with Crippen LogP contribution in [0.3, 0.4) is 0 Å². The minimum atomic E-state index is -0.902. The average Bonchev–Trinajstić information content (AvgIpc) is 2.57. The van der Waals surface area contributed by atoms with E-state index >= 15 is 0 Å². The predicted molar refractivity (Wildman–Crippen MR) is 63.0 cm³/mol. The molecule has 0 aliphatic carbocycles. The summed E-state index contributed by atoms with van der Waals surface area (Å²) in [5.74, 6) is 0.780. The zero-order valence-electron chi connectivity index (χ0n) is 9.36. The molecule has 0 fully saturated rings. The van der Waals surface area contributed by atoms with Gasteiger partial charge in [-0.2, -0.15) is 0 Å². The fourth-order valence-electron chi connectivity index (χ4n) is 1.86. The van der Waals surface area contributed by atoms with Crippen molar-refractivity contribution in [1.29, 1.82) is 0 Å². The summed E-state index contributed by atoms with van der Waals surface area (Å²) in [5, 5.41) is 0. The molecule has 3 nitrogen and oxygen atoms in total. The third kappa shape index (κ3) is 2.07. The summed E-state index contributed by atoms with van der Waals surface area (Å²) in [6, 6.07) is 7.82. The van der Waals surface area contributed by atoms with Crippen LogP contribution in [0, 0.1) is 0 Å². The lowest BCUT2D eigenvalue weighted by molar-refractivity contribution is 0.310. The first-order valence-electron chi connectivity index (χ1n) is 5.47. The van der Waals surface area contributed by atoms with E-state index in [1.807, 2.05) is 35.9 Å². The molecule has 1 aromatic carbocycles. The third-order valence-electron chi connectivity index (χ3n) is 2.76. The molecule has 0 aliphatic rings. The van der Waals surface area contributed by atoms with E-state index in [1.165, 1.54) is 0 Å². The number of hydrogen-bond acceptors (Lipinski definition) is 2. The topological polar surface area (TPSA) is 43.8 Å². The number of rotatable bonds is 4. The van der Waals surface area contributed by atoms with Crippen molar-refractivity contribution < 1.29 is 4.39 Å². The molecule has 0 radical (unpaired) electrons. The lowest BCUT2D eigenvalue weighted by atomic mass is 10.2. The molecule has 0 saturated carbocycles. The first kappa shape index (κ1) is 11.1. The van der Waals surface area contributed by atoms with Crippen molar-refractivity contribution in [2.45, 2.75) is 19.0 Å². The number of nitrogens with two attached hydrogens (primary N) is 1. The maximum absolute atomic E-state index is 13.5. The molecule has 2 rings (SSSR count). The van der Waals surface area contributed by atoms with Gasteiger partial charge in [0.2, 0.25) is 0 Å². The number of aryl methyl sites for hydroxylation is 1. The fourth-order valence-corrected chi connectivity index (χ4v) is 1.86. The summed E-state index contributed by atoms with van der Waals surface area (Å²) in [5.41, 5.74) is 7.28. The van der Waals surface area contributed by atoms with Gasteiger partial charge in [-0.15, -0.1) is 0 Å². The molecule has 2 N–H and O–H groups in total. The van der Waals surface area contributed by atoms with Crippen molar-refractivity contribution in [1.82, 2.24) is 9.55 Å². The van der Waals surface area contributed by atoms with Crippen molar-refractivity contribution in [2.24, 2.45) is 12.8 Å². The number of para-hydroxylation sites is 2. The van der Waals surface area contributed by atoms with Gasteiger partial charge in [-0.1, -0.05) is 12.1 Å². The Morgan fingerprint density at radius 3 is 2.88 bits per heavy atom. The molecular weight excluding hydrogens is 205 g/mol. The quantitative estimate of drug-likeness (QED) is 0.855. The molecule has 86 valence electrons. The van der Waals surface area contributed by atoms with Crippen LogP contribution in [0.15, 0.2) is 24.3 Å². The maximum atomic E-state index is 13.5. The highest BCUT2D eigenvalue weighted by molar-refractivity contribution is 5.75. The summed E-state index contributed by atoms with van der Waals surface area (Å²) in [4.78, 5) is 4.42. The first-order valence-corrected chi connectivity index (χ1v) is 5.47. The lowest BCUT2D eigenvalue weighted by Gasteiger charge is -2.06. The molecule has 1 unspecified atom stereocenters. The van der Waals surface area contributed by atoms with Crippen molar-refractivity contribution in [3.05, 3.63) is 30.1 Å². The minimum Gasteiger partial charge on any atom is -0.331 e. The summed E-state index contributed by atoms with van der Waals surface area (Å²) in [7, 11) is 1.92. The molecule has 2 aromatic rings. The van der Waals surface area contributed by atoms with Crippen LogP contribution >= 0.6 is 0 Å². The normalized spacial score (nSPS) is 13.2. The Labute approximate surface area is 94.1 Å². The van der Waals surface area contributed by atoms with Crippen LogP contribution in [0.2, 0.25) is 0 Å². The highest BCUT2D eigenvalue weighted by atomic mass is 19.1. The Balaban J connectivity index is 2.27. The van der Waals surface area contributed by atoms with Gasteiger partial charge in [-0.3, -0.25) is 0 Å². The van der Waals surface area contributed by atoms with Gasteiger partial charge in [-0.25, -0.2) is 9.37 Å². The van der Waals surface area contributed by atoms with E-state index in [0.717, 1.165) is 16.9 Å². The Kier molecular flexibility index (Phi) is 3.19. The second kappa shape index (κ2) is 4.61. The second-order valence-electron chi connectivity index (χ2n) is 3.95. The molecule has 1 aromatic heterocycles. The van der Waals surface area contributed by atoms with Crippen LogP contribution in [0.4, 0.5) is 4.39 Å². The average molecular weight is 221 g/mol. The first-order chi connectivity index (χ1) is 7.72. The third-order valence-corrected chi connectivity index (χ3v) is 2.76. The van der Waals surface area contributed by atoms with Gasteiger partial charge >= 0.3 is 0 Å². The summed E-state index contributed by atoms with van der Waals surface area (Å²) in [6.45, 7) is 0.380. The number of imidazole rings is 1. The van der Waals surface area contributed by atoms with E-state index < -0.39 is 6.17 Å². The largest absolute Gasteiger partial charge is 0.331 e. The van der Waals surface area contributed by atoms with Crippen LogP contribution in [0.5, 0.6) is 0 Å². The van der Waals surface area contributed by atoms with Crippen molar-refractivity contribution >= 4 is 11.0 Å². The SMILES string of the molecule is Cn1c(CC(F)CCN)nc2ccccc21. The van der Waals surface area contributed by atoms with Gasteiger partial charge in [0, 0.05) is 13.5 Å². The molecule has 0 aliphatic heterocycles. The van der Waals surface area contributed by atoms with Crippen LogP contribution in [0.1, 0.15) is 12.2 Å². The number of aromatic nitrogens is 2. The molecule has 1 atom stereocenters. The van der Waals surface area contributed by atoms with Crippen molar-refractivity contribution in [3.63, 3.8) is 0 Å². The van der Waals surface area contributed by atoms with Crippen LogP contribution in [-0.4, -0.2) is 22.3 Å². The molecule has 1 heterocycles. The van der Waals surface area contributed by atoms with Crippen LogP contribution in [-0.2, 0) is 13.5 Å². The number of hydrogen-bond donors (Lipinski definition) is 1. The van der Waals surface area contributed by atoms with Gasteiger partial charge < -0.3 is 10.3 Å². The predicted octanol–water partition coefficient (Wildman–Crippen LogP) is 1.80. The van der Waals surface area contributed by atoms with Gasteiger partial charge in [0.05, 0.1) is 11.0 Å². The zero-order chi connectivity index (χ0) is 11.5. The molecule has 0 bridgehead atoms. The summed E-state index contributed by atoms with van der Waals surface area (Å²) >= 11 is 0. The highest BCUT2D eigenvalue weighted by Crippen LogP contribution is 2.16. The van der Waals surface area contributed by atoms with Crippen LogP contribution < -0.4 is 5.73 Å². The Morgan fingerprint density at radius 2 is 2.19 bits per heavy atom. The molecule has 16 heavy (non-hydrogen) atoms. The Morgan fingerprint density at radius 1 is 1.44 bits per heavy atom.